The van der Waals surface area contributed by atoms with Crippen molar-refractivity contribution in [1.82, 2.24) is 0 Å². The van der Waals surface area contributed by atoms with Crippen LogP contribution in [-0.2, 0) is 0 Å². The van der Waals surface area contributed by atoms with Crippen LogP contribution in [0.4, 0.5) is 11.4 Å². The van der Waals surface area contributed by atoms with E-state index in [2.05, 4.69) is 11.0 Å². The molecule has 0 unspecified atom stereocenters. The first kappa shape index (κ1) is 14.3. The number of hydrogen-bond acceptors (Lipinski definition) is 4. The second kappa shape index (κ2) is 6.38. The van der Waals surface area contributed by atoms with Crippen LogP contribution in [0.3, 0.4) is 0 Å². The summed E-state index contributed by atoms with van der Waals surface area (Å²) in [6, 6.07) is 7.04. The van der Waals surface area contributed by atoms with Gasteiger partial charge in [-0.25, -0.2) is 0 Å². The van der Waals surface area contributed by atoms with Crippen molar-refractivity contribution in [2.45, 2.75) is 44.6 Å². The number of nitrogens with zero attached hydrogens (tertiary/aromatic N) is 3. The highest BCUT2D eigenvalue weighted by Crippen LogP contribution is 2.29. The van der Waals surface area contributed by atoms with Crippen LogP contribution in [0, 0.1) is 21.4 Å². The van der Waals surface area contributed by atoms with Crippen molar-refractivity contribution < 1.29 is 4.92 Å². The predicted molar refractivity (Wildman–Crippen MR) is 77.7 cm³/mol. The molecule has 0 saturated heterocycles. The SMILES string of the molecule is CN(c1ccc([N+](=O)[O-])cc1C#N)C1CCCCCC1. The third-order valence-electron chi connectivity index (χ3n) is 4.06. The smallest absolute Gasteiger partial charge is 0.270 e. The molecule has 0 heterocycles. The summed E-state index contributed by atoms with van der Waals surface area (Å²) in [5, 5.41) is 20.0. The molecule has 5 heteroatoms. The van der Waals surface area contributed by atoms with Crippen molar-refractivity contribution in [2.24, 2.45) is 0 Å². The van der Waals surface area contributed by atoms with Crippen molar-refractivity contribution in [3.63, 3.8) is 0 Å². The van der Waals surface area contributed by atoms with Crippen LogP contribution in [0.2, 0.25) is 0 Å². The lowest BCUT2D eigenvalue weighted by molar-refractivity contribution is -0.384. The summed E-state index contributed by atoms with van der Waals surface area (Å²) < 4.78 is 0. The Morgan fingerprint density at radius 2 is 1.95 bits per heavy atom. The van der Waals surface area contributed by atoms with Gasteiger partial charge in [-0.3, -0.25) is 10.1 Å². The maximum Gasteiger partial charge on any atom is 0.270 e. The number of benzene rings is 1. The third-order valence-corrected chi connectivity index (χ3v) is 4.06. The molecule has 0 atom stereocenters. The zero-order valence-corrected chi connectivity index (χ0v) is 11.7. The van der Waals surface area contributed by atoms with Crippen LogP contribution in [0.1, 0.15) is 44.1 Å². The highest BCUT2D eigenvalue weighted by Gasteiger charge is 2.20. The largest absolute Gasteiger partial charge is 0.371 e. The molecule has 1 aromatic rings. The van der Waals surface area contributed by atoms with E-state index in [1.807, 2.05) is 7.05 Å². The van der Waals surface area contributed by atoms with Crippen LogP contribution in [-0.4, -0.2) is 18.0 Å². The quantitative estimate of drug-likeness (QED) is 0.479. The maximum absolute atomic E-state index is 10.8. The summed E-state index contributed by atoms with van der Waals surface area (Å²) in [5.41, 5.74) is 1.15. The van der Waals surface area contributed by atoms with Gasteiger partial charge in [-0.2, -0.15) is 5.26 Å². The summed E-state index contributed by atoms with van der Waals surface area (Å²) in [7, 11) is 1.98. The molecule has 1 fully saturated rings. The average Bonchev–Trinajstić information content (AvgIpc) is 2.74. The maximum atomic E-state index is 10.8. The van der Waals surface area contributed by atoms with Crippen molar-refractivity contribution in [1.29, 1.82) is 5.26 Å². The lowest BCUT2D eigenvalue weighted by Crippen LogP contribution is -2.31. The molecule has 2 rings (SSSR count). The van der Waals surface area contributed by atoms with E-state index in [1.165, 1.54) is 37.8 Å². The van der Waals surface area contributed by atoms with Crippen LogP contribution < -0.4 is 4.90 Å². The van der Waals surface area contributed by atoms with E-state index in [1.54, 1.807) is 6.07 Å². The Hall–Kier alpha value is -2.09. The summed E-state index contributed by atoms with van der Waals surface area (Å²) in [4.78, 5) is 12.4. The van der Waals surface area contributed by atoms with Crippen molar-refractivity contribution in [3.05, 3.63) is 33.9 Å². The van der Waals surface area contributed by atoms with Gasteiger partial charge >= 0.3 is 0 Å². The molecule has 0 aliphatic heterocycles. The first-order valence-electron chi connectivity index (χ1n) is 7.05. The molecule has 0 amide bonds. The second-order valence-corrected chi connectivity index (χ2v) is 5.33. The number of nitriles is 1. The molecule has 106 valence electrons. The molecular weight excluding hydrogens is 254 g/mol. The van der Waals surface area contributed by atoms with Crippen LogP contribution >= 0.6 is 0 Å². The standard InChI is InChI=1S/C15H19N3O2/c1-17(13-6-4-2-3-5-7-13)15-9-8-14(18(19)20)10-12(15)11-16/h8-10,13H,2-7H2,1H3. The molecule has 20 heavy (non-hydrogen) atoms. The Balaban J connectivity index is 2.26. The molecule has 1 saturated carbocycles. The highest BCUT2D eigenvalue weighted by molar-refractivity contribution is 5.63. The second-order valence-electron chi connectivity index (χ2n) is 5.33. The van der Waals surface area contributed by atoms with E-state index in [0.717, 1.165) is 18.5 Å². The van der Waals surface area contributed by atoms with Gasteiger partial charge in [0.05, 0.1) is 16.2 Å². The first-order chi connectivity index (χ1) is 9.63. The molecule has 5 nitrogen and oxygen atoms in total. The summed E-state index contributed by atoms with van der Waals surface area (Å²) in [5.74, 6) is 0. The first-order valence-corrected chi connectivity index (χ1v) is 7.05. The van der Waals surface area contributed by atoms with Gasteiger partial charge in [-0.1, -0.05) is 25.7 Å². The van der Waals surface area contributed by atoms with Crippen LogP contribution in [0.15, 0.2) is 18.2 Å². The molecule has 0 bridgehead atoms. The zero-order chi connectivity index (χ0) is 14.5. The van der Waals surface area contributed by atoms with Gasteiger partial charge in [0, 0.05) is 25.2 Å². The van der Waals surface area contributed by atoms with Crippen molar-refractivity contribution in [2.75, 3.05) is 11.9 Å². The average molecular weight is 273 g/mol. The predicted octanol–water partition coefficient (Wildman–Crippen LogP) is 3.63. The zero-order valence-electron chi connectivity index (χ0n) is 11.7. The number of nitro groups is 1. The van der Waals surface area contributed by atoms with Gasteiger partial charge in [0.25, 0.3) is 5.69 Å². The normalized spacial score (nSPS) is 16.2. The molecule has 0 aromatic heterocycles. The van der Waals surface area contributed by atoms with Gasteiger partial charge in [0.15, 0.2) is 0 Å². The van der Waals surface area contributed by atoms with Gasteiger partial charge in [-0.05, 0) is 18.9 Å². The topological polar surface area (TPSA) is 70.2 Å². The molecular formula is C15H19N3O2. The van der Waals surface area contributed by atoms with E-state index >= 15 is 0 Å². The molecule has 1 aliphatic carbocycles. The van der Waals surface area contributed by atoms with E-state index in [-0.39, 0.29) is 5.69 Å². The Labute approximate surface area is 119 Å². The van der Waals surface area contributed by atoms with Crippen molar-refractivity contribution in [3.8, 4) is 6.07 Å². The number of rotatable bonds is 3. The molecule has 0 spiro atoms. The monoisotopic (exact) mass is 273 g/mol. The minimum Gasteiger partial charge on any atom is -0.371 e. The Kier molecular flexibility index (Phi) is 4.57. The Morgan fingerprint density at radius 3 is 2.50 bits per heavy atom. The lowest BCUT2D eigenvalue weighted by atomic mass is 10.0. The van der Waals surface area contributed by atoms with Crippen molar-refractivity contribution >= 4 is 11.4 Å². The number of anilines is 1. The Morgan fingerprint density at radius 1 is 1.30 bits per heavy atom. The third kappa shape index (κ3) is 3.08. The number of nitro benzene ring substituents is 1. The Bertz CT molecular complexity index is 528. The van der Waals surface area contributed by atoms with E-state index in [9.17, 15) is 15.4 Å². The minimum absolute atomic E-state index is 0.0282. The lowest BCUT2D eigenvalue weighted by Gasteiger charge is -2.29. The fraction of sp³-hybridized carbons (Fsp3) is 0.533. The molecule has 0 N–H and O–H groups in total. The molecule has 1 aromatic carbocycles. The van der Waals surface area contributed by atoms with E-state index < -0.39 is 4.92 Å². The number of non-ortho nitro benzene ring substituents is 1. The van der Waals surface area contributed by atoms with E-state index in [4.69, 9.17) is 0 Å². The molecule has 1 aliphatic rings. The highest BCUT2D eigenvalue weighted by atomic mass is 16.6. The van der Waals surface area contributed by atoms with Gasteiger partial charge in [-0.15, -0.1) is 0 Å². The van der Waals surface area contributed by atoms with Crippen LogP contribution in [0.25, 0.3) is 0 Å². The molecule has 0 radical (unpaired) electrons. The summed E-state index contributed by atoms with van der Waals surface area (Å²) in [6.45, 7) is 0. The fourth-order valence-electron chi connectivity index (χ4n) is 2.88. The van der Waals surface area contributed by atoms with Crippen LogP contribution in [0.5, 0.6) is 0 Å². The van der Waals surface area contributed by atoms with Gasteiger partial charge in [0.1, 0.15) is 6.07 Å². The van der Waals surface area contributed by atoms with Gasteiger partial charge < -0.3 is 4.90 Å². The minimum atomic E-state index is -0.462. The fourth-order valence-corrected chi connectivity index (χ4v) is 2.88. The summed E-state index contributed by atoms with van der Waals surface area (Å²) in [6.07, 6.45) is 7.22. The van der Waals surface area contributed by atoms with Gasteiger partial charge in [0.2, 0.25) is 0 Å². The van der Waals surface area contributed by atoms with E-state index in [0.29, 0.717) is 11.6 Å². The number of hydrogen-bond donors (Lipinski definition) is 0. The summed E-state index contributed by atoms with van der Waals surface area (Å²) >= 11 is 0.